The van der Waals surface area contributed by atoms with Gasteiger partial charge in [0.2, 0.25) is 0 Å². The van der Waals surface area contributed by atoms with Crippen molar-refractivity contribution in [3.8, 4) is 0 Å². The van der Waals surface area contributed by atoms with Gasteiger partial charge < -0.3 is 14.8 Å². The van der Waals surface area contributed by atoms with E-state index in [1.807, 2.05) is 21.0 Å². The highest BCUT2D eigenvalue weighted by Gasteiger charge is 2.08. The molecule has 1 aromatic heterocycles. The Morgan fingerprint density at radius 1 is 1.53 bits per heavy atom. The molecular formula is C12H22N4O. The second-order valence-corrected chi connectivity index (χ2v) is 4.50. The number of hydrogen-bond donors (Lipinski definition) is 1. The van der Waals surface area contributed by atoms with Crippen molar-refractivity contribution in [3.63, 3.8) is 0 Å². The Bertz CT molecular complexity index is 400. The lowest BCUT2D eigenvalue weighted by molar-refractivity contribution is 0.390. The average molecular weight is 238 g/mol. The monoisotopic (exact) mass is 238 g/mol. The standard InChI is InChI=1S/C12H22N4O/c1-5-16-9-7-13-11(12(16)17)14-10(2)6-8-15(3)4/h7,9-10H,5-6,8H2,1-4H3,(H,13,14). The van der Waals surface area contributed by atoms with Gasteiger partial charge in [0, 0.05) is 25.0 Å². The number of aryl methyl sites for hydroxylation is 1. The Balaban J connectivity index is 2.65. The molecule has 0 radical (unpaired) electrons. The highest BCUT2D eigenvalue weighted by molar-refractivity contribution is 5.31. The first-order valence-corrected chi connectivity index (χ1v) is 6.01. The molecule has 1 heterocycles. The van der Waals surface area contributed by atoms with E-state index in [0.717, 1.165) is 13.0 Å². The van der Waals surface area contributed by atoms with Gasteiger partial charge in [0.25, 0.3) is 5.56 Å². The van der Waals surface area contributed by atoms with Gasteiger partial charge in [-0.25, -0.2) is 4.98 Å². The predicted octanol–water partition coefficient (Wildman–Crippen LogP) is 1.02. The summed E-state index contributed by atoms with van der Waals surface area (Å²) in [5.74, 6) is 0.445. The Morgan fingerprint density at radius 2 is 2.24 bits per heavy atom. The summed E-state index contributed by atoms with van der Waals surface area (Å²) in [4.78, 5) is 18.1. The van der Waals surface area contributed by atoms with Crippen LogP contribution in [0.15, 0.2) is 17.2 Å². The molecule has 1 aromatic rings. The summed E-state index contributed by atoms with van der Waals surface area (Å²) < 4.78 is 1.65. The molecule has 96 valence electrons. The number of nitrogens with zero attached hydrogens (tertiary/aromatic N) is 3. The van der Waals surface area contributed by atoms with Gasteiger partial charge in [-0.1, -0.05) is 0 Å². The number of rotatable bonds is 6. The SMILES string of the molecule is CCn1ccnc(NC(C)CCN(C)C)c1=O. The maximum Gasteiger partial charge on any atom is 0.293 e. The van der Waals surface area contributed by atoms with Crippen LogP contribution in [0.2, 0.25) is 0 Å². The fourth-order valence-corrected chi connectivity index (χ4v) is 1.55. The van der Waals surface area contributed by atoms with E-state index in [1.54, 1.807) is 17.0 Å². The van der Waals surface area contributed by atoms with Crippen LogP contribution in [0.5, 0.6) is 0 Å². The fraction of sp³-hybridized carbons (Fsp3) is 0.667. The molecule has 0 spiro atoms. The van der Waals surface area contributed by atoms with Crippen LogP contribution < -0.4 is 10.9 Å². The fourth-order valence-electron chi connectivity index (χ4n) is 1.55. The Labute approximate surface area is 102 Å². The lowest BCUT2D eigenvalue weighted by Crippen LogP contribution is -2.29. The zero-order valence-electron chi connectivity index (χ0n) is 11.1. The van der Waals surface area contributed by atoms with E-state index in [-0.39, 0.29) is 11.6 Å². The van der Waals surface area contributed by atoms with Gasteiger partial charge in [0.1, 0.15) is 0 Å². The van der Waals surface area contributed by atoms with E-state index in [9.17, 15) is 4.79 Å². The molecule has 0 saturated carbocycles. The summed E-state index contributed by atoms with van der Waals surface area (Å²) in [5, 5.41) is 3.17. The van der Waals surface area contributed by atoms with Crippen LogP contribution in [0.1, 0.15) is 20.3 Å². The predicted molar refractivity (Wildman–Crippen MR) is 70.4 cm³/mol. The van der Waals surface area contributed by atoms with Gasteiger partial charge in [-0.15, -0.1) is 0 Å². The molecule has 1 atom stereocenters. The van der Waals surface area contributed by atoms with Crippen molar-refractivity contribution in [2.45, 2.75) is 32.9 Å². The molecule has 1 rings (SSSR count). The third kappa shape index (κ3) is 4.19. The Hall–Kier alpha value is -1.36. The molecule has 5 nitrogen and oxygen atoms in total. The van der Waals surface area contributed by atoms with Gasteiger partial charge >= 0.3 is 0 Å². The summed E-state index contributed by atoms with van der Waals surface area (Å²) in [7, 11) is 4.08. The van der Waals surface area contributed by atoms with Crippen molar-refractivity contribution in [3.05, 3.63) is 22.7 Å². The lowest BCUT2D eigenvalue weighted by Gasteiger charge is -2.17. The molecule has 1 unspecified atom stereocenters. The highest BCUT2D eigenvalue weighted by atomic mass is 16.1. The van der Waals surface area contributed by atoms with Crippen LogP contribution in [-0.4, -0.2) is 41.1 Å². The van der Waals surface area contributed by atoms with Gasteiger partial charge in [-0.2, -0.15) is 0 Å². The molecule has 0 aliphatic carbocycles. The van der Waals surface area contributed by atoms with Crippen LogP contribution in [0, 0.1) is 0 Å². The summed E-state index contributed by atoms with van der Waals surface area (Å²) in [5.41, 5.74) is -0.0493. The summed E-state index contributed by atoms with van der Waals surface area (Å²) in [6, 6.07) is 0.241. The van der Waals surface area contributed by atoms with E-state index < -0.39 is 0 Å². The Morgan fingerprint density at radius 3 is 2.82 bits per heavy atom. The number of nitrogens with one attached hydrogen (secondary N) is 1. The summed E-state index contributed by atoms with van der Waals surface area (Å²) in [6.07, 6.45) is 4.35. The maximum absolute atomic E-state index is 11.9. The third-order valence-corrected chi connectivity index (χ3v) is 2.65. The molecule has 0 fully saturated rings. The molecule has 0 bridgehead atoms. The van der Waals surface area contributed by atoms with E-state index in [4.69, 9.17) is 0 Å². The van der Waals surface area contributed by atoms with Gasteiger partial charge in [0.05, 0.1) is 0 Å². The van der Waals surface area contributed by atoms with Crippen LogP contribution >= 0.6 is 0 Å². The minimum atomic E-state index is -0.0493. The van der Waals surface area contributed by atoms with Gasteiger partial charge in [-0.3, -0.25) is 4.79 Å². The first-order chi connectivity index (χ1) is 8.04. The quantitative estimate of drug-likeness (QED) is 0.804. The van der Waals surface area contributed by atoms with Crippen LogP contribution in [0.4, 0.5) is 5.82 Å². The lowest BCUT2D eigenvalue weighted by atomic mass is 10.2. The summed E-state index contributed by atoms with van der Waals surface area (Å²) >= 11 is 0. The number of anilines is 1. The van der Waals surface area contributed by atoms with Crippen molar-refractivity contribution in [2.75, 3.05) is 26.0 Å². The summed E-state index contributed by atoms with van der Waals surface area (Å²) in [6.45, 7) is 5.67. The van der Waals surface area contributed by atoms with Crippen molar-refractivity contribution in [1.82, 2.24) is 14.5 Å². The first-order valence-electron chi connectivity index (χ1n) is 6.01. The molecule has 0 aliphatic rings. The first kappa shape index (κ1) is 13.7. The van der Waals surface area contributed by atoms with E-state index in [0.29, 0.717) is 12.4 Å². The van der Waals surface area contributed by atoms with Gasteiger partial charge in [-0.05, 0) is 40.9 Å². The molecule has 0 aromatic carbocycles. The van der Waals surface area contributed by atoms with E-state index in [1.165, 1.54) is 0 Å². The topological polar surface area (TPSA) is 50.2 Å². The zero-order chi connectivity index (χ0) is 12.8. The van der Waals surface area contributed by atoms with Crippen LogP contribution in [-0.2, 0) is 6.54 Å². The molecule has 0 amide bonds. The van der Waals surface area contributed by atoms with E-state index >= 15 is 0 Å². The van der Waals surface area contributed by atoms with Crippen molar-refractivity contribution in [2.24, 2.45) is 0 Å². The van der Waals surface area contributed by atoms with Crippen LogP contribution in [0.3, 0.4) is 0 Å². The van der Waals surface area contributed by atoms with Crippen LogP contribution in [0.25, 0.3) is 0 Å². The molecular weight excluding hydrogens is 216 g/mol. The number of hydrogen-bond acceptors (Lipinski definition) is 4. The van der Waals surface area contributed by atoms with Crippen molar-refractivity contribution < 1.29 is 0 Å². The normalized spacial score (nSPS) is 12.8. The minimum absolute atomic E-state index is 0.0493. The second-order valence-electron chi connectivity index (χ2n) is 4.50. The molecule has 1 N–H and O–H groups in total. The number of aromatic nitrogens is 2. The minimum Gasteiger partial charge on any atom is -0.363 e. The molecule has 17 heavy (non-hydrogen) atoms. The van der Waals surface area contributed by atoms with Gasteiger partial charge in [0.15, 0.2) is 5.82 Å². The third-order valence-electron chi connectivity index (χ3n) is 2.65. The molecule has 0 aliphatic heterocycles. The Kier molecular flexibility index (Phi) is 5.15. The molecule has 0 saturated heterocycles. The van der Waals surface area contributed by atoms with Crippen molar-refractivity contribution >= 4 is 5.82 Å². The highest BCUT2D eigenvalue weighted by Crippen LogP contribution is 2.00. The second kappa shape index (κ2) is 6.39. The zero-order valence-corrected chi connectivity index (χ0v) is 11.1. The van der Waals surface area contributed by atoms with Crippen molar-refractivity contribution in [1.29, 1.82) is 0 Å². The smallest absolute Gasteiger partial charge is 0.293 e. The maximum atomic E-state index is 11.9. The van der Waals surface area contributed by atoms with E-state index in [2.05, 4.69) is 22.1 Å². The molecule has 5 heteroatoms. The largest absolute Gasteiger partial charge is 0.363 e. The average Bonchev–Trinajstić information content (AvgIpc) is 2.29.